The molecule has 3 aromatic rings. The van der Waals surface area contributed by atoms with Crippen LogP contribution in [0.1, 0.15) is 5.56 Å². The number of anilines is 1. The molecule has 0 spiro atoms. The summed E-state index contributed by atoms with van der Waals surface area (Å²) in [7, 11) is 0. The first-order valence-corrected chi connectivity index (χ1v) is 7.56. The van der Waals surface area contributed by atoms with E-state index in [1.54, 1.807) is 15.9 Å². The highest BCUT2D eigenvalue weighted by Gasteiger charge is 2.14. The maximum Gasteiger partial charge on any atom is 0.127 e. The maximum atomic E-state index is 9.49. The zero-order chi connectivity index (χ0) is 14.8. The molecule has 2 aromatic heterocycles. The molecule has 3 nitrogen and oxygen atoms in total. The van der Waals surface area contributed by atoms with Gasteiger partial charge in [-0.1, -0.05) is 36.5 Å². The Bertz CT molecular complexity index is 872. The number of nitrogens with two attached hydrogens (primary N) is 1. The van der Waals surface area contributed by atoms with Crippen molar-refractivity contribution >= 4 is 29.4 Å². The van der Waals surface area contributed by atoms with Crippen LogP contribution < -0.4 is 5.73 Å². The molecule has 102 valence electrons. The number of benzene rings is 1. The minimum absolute atomic E-state index is 0.375. The van der Waals surface area contributed by atoms with Gasteiger partial charge in [-0.2, -0.15) is 5.26 Å². The van der Waals surface area contributed by atoms with E-state index < -0.39 is 0 Å². The monoisotopic (exact) mass is 309 g/mol. The Hall–Kier alpha value is -2.42. The van der Waals surface area contributed by atoms with Crippen LogP contribution in [-0.4, -0.2) is 4.57 Å². The minimum atomic E-state index is 0.375. The van der Waals surface area contributed by atoms with Gasteiger partial charge in [0.2, 0.25) is 0 Å². The van der Waals surface area contributed by atoms with Gasteiger partial charge in [0.25, 0.3) is 0 Å². The second-order valence-electron chi connectivity index (χ2n) is 4.42. The Morgan fingerprint density at radius 2 is 1.90 bits per heavy atom. The highest BCUT2D eigenvalue weighted by Crippen LogP contribution is 2.32. The average molecular weight is 309 g/mol. The lowest BCUT2D eigenvalue weighted by Gasteiger charge is -2.14. The van der Waals surface area contributed by atoms with Crippen LogP contribution in [0.2, 0.25) is 0 Å². The van der Waals surface area contributed by atoms with E-state index in [0.29, 0.717) is 16.0 Å². The van der Waals surface area contributed by atoms with Crippen molar-refractivity contribution in [3.05, 3.63) is 64.1 Å². The number of aromatic nitrogens is 1. The molecule has 0 aliphatic carbocycles. The molecular weight excluding hydrogens is 298 g/mol. The quantitative estimate of drug-likeness (QED) is 0.714. The molecule has 0 radical (unpaired) electrons. The number of nitriles is 1. The standard InChI is InChI=1S/C16H11N3S2/c17-10-13-12(14-7-4-8-21-14)9-15(20)19(16(13)18)11-5-2-1-3-6-11/h1-9H,18H2. The molecule has 0 unspecified atom stereocenters. The summed E-state index contributed by atoms with van der Waals surface area (Å²) in [4.78, 5) is 0.990. The van der Waals surface area contributed by atoms with Crippen LogP contribution in [0.15, 0.2) is 53.9 Å². The number of rotatable bonds is 2. The smallest absolute Gasteiger partial charge is 0.127 e. The van der Waals surface area contributed by atoms with Crippen molar-refractivity contribution in [3.8, 4) is 22.2 Å². The van der Waals surface area contributed by atoms with E-state index >= 15 is 0 Å². The van der Waals surface area contributed by atoms with Gasteiger partial charge in [-0.05, 0) is 29.6 Å². The number of nitrogen functional groups attached to an aromatic ring is 1. The molecule has 2 N–H and O–H groups in total. The minimum Gasteiger partial charge on any atom is -0.384 e. The average Bonchev–Trinajstić information content (AvgIpc) is 3.02. The molecule has 1 aromatic carbocycles. The Morgan fingerprint density at radius 1 is 1.14 bits per heavy atom. The van der Waals surface area contributed by atoms with E-state index in [-0.39, 0.29) is 0 Å². The van der Waals surface area contributed by atoms with Gasteiger partial charge in [-0.3, -0.25) is 4.57 Å². The summed E-state index contributed by atoms with van der Waals surface area (Å²) in [6, 6.07) is 17.5. The fourth-order valence-corrected chi connectivity index (χ4v) is 3.29. The molecular formula is C16H11N3S2. The molecule has 0 saturated carbocycles. The van der Waals surface area contributed by atoms with Gasteiger partial charge in [0, 0.05) is 16.1 Å². The van der Waals surface area contributed by atoms with Crippen molar-refractivity contribution in [1.82, 2.24) is 4.57 Å². The molecule has 5 heteroatoms. The lowest BCUT2D eigenvalue weighted by atomic mass is 10.1. The summed E-state index contributed by atoms with van der Waals surface area (Å²) in [5.74, 6) is 0.375. The van der Waals surface area contributed by atoms with Crippen molar-refractivity contribution in [1.29, 1.82) is 5.26 Å². The van der Waals surface area contributed by atoms with E-state index in [4.69, 9.17) is 18.0 Å². The molecule has 0 atom stereocenters. The van der Waals surface area contributed by atoms with Gasteiger partial charge >= 0.3 is 0 Å². The van der Waals surface area contributed by atoms with Crippen LogP contribution in [-0.2, 0) is 0 Å². The van der Waals surface area contributed by atoms with Gasteiger partial charge in [0.05, 0.1) is 0 Å². The topological polar surface area (TPSA) is 54.7 Å². The lowest BCUT2D eigenvalue weighted by molar-refractivity contribution is 1.04. The zero-order valence-electron chi connectivity index (χ0n) is 11.0. The Balaban J connectivity index is 2.32. The molecule has 0 aliphatic heterocycles. The highest BCUT2D eigenvalue weighted by molar-refractivity contribution is 7.71. The Morgan fingerprint density at radius 3 is 2.52 bits per heavy atom. The van der Waals surface area contributed by atoms with E-state index in [1.165, 1.54) is 0 Å². The number of para-hydroxylation sites is 1. The van der Waals surface area contributed by atoms with Gasteiger partial charge in [0.15, 0.2) is 0 Å². The fourth-order valence-electron chi connectivity index (χ4n) is 2.22. The number of hydrogen-bond acceptors (Lipinski definition) is 4. The fraction of sp³-hybridized carbons (Fsp3) is 0. The first-order valence-electron chi connectivity index (χ1n) is 6.27. The summed E-state index contributed by atoms with van der Waals surface area (Å²) in [6.07, 6.45) is 0. The Labute approximate surface area is 131 Å². The summed E-state index contributed by atoms with van der Waals surface area (Å²) >= 11 is 7.03. The molecule has 0 aliphatic rings. The summed E-state index contributed by atoms with van der Waals surface area (Å²) in [5.41, 5.74) is 8.32. The van der Waals surface area contributed by atoms with Crippen molar-refractivity contribution in [2.24, 2.45) is 0 Å². The van der Waals surface area contributed by atoms with Gasteiger partial charge < -0.3 is 5.73 Å². The predicted octanol–water partition coefficient (Wildman–Crippen LogP) is 4.39. The summed E-state index contributed by atoms with van der Waals surface area (Å²) < 4.78 is 2.31. The molecule has 0 amide bonds. The van der Waals surface area contributed by atoms with Crippen molar-refractivity contribution in [2.75, 3.05) is 5.73 Å². The first kappa shape index (κ1) is 13.6. The molecule has 0 fully saturated rings. The van der Waals surface area contributed by atoms with E-state index in [2.05, 4.69) is 6.07 Å². The van der Waals surface area contributed by atoms with Crippen LogP contribution in [0.25, 0.3) is 16.1 Å². The van der Waals surface area contributed by atoms with Crippen molar-refractivity contribution in [3.63, 3.8) is 0 Å². The SMILES string of the molecule is N#Cc1c(-c2cccs2)cc(=S)n(-c2ccccc2)c1N. The van der Waals surface area contributed by atoms with E-state index in [9.17, 15) is 5.26 Å². The molecule has 21 heavy (non-hydrogen) atoms. The third kappa shape index (κ3) is 2.35. The van der Waals surface area contributed by atoms with Gasteiger partial charge in [-0.15, -0.1) is 11.3 Å². The first-order chi connectivity index (χ1) is 10.2. The maximum absolute atomic E-state index is 9.49. The van der Waals surface area contributed by atoms with Crippen molar-refractivity contribution in [2.45, 2.75) is 0 Å². The molecule has 2 heterocycles. The molecule has 0 saturated heterocycles. The van der Waals surface area contributed by atoms with Crippen LogP contribution in [0, 0.1) is 16.0 Å². The number of nitrogens with zero attached hydrogens (tertiary/aromatic N) is 2. The number of pyridine rings is 1. The molecule has 0 bridgehead atoms. The predicted molar refractivity (Wildman–Crippen MR) is 89.0 cm³/mol. The zero-order valence-corrected chi connectivity index (χ0v) is 12.6. The van der Waals surface area contributed by atoms with E-state index in [1.807, 2.05) is 53.9 Å². The summed E-state index contributed by atoms with van der Waals surface area (Å²) in [5, 5.41) is 11.5. The van der Waals surface area contributed by atoms with Crippen LogP contribution in [0.3, 0.4) is 0 Å². The second-order valence-corrected chi connectivity index (χ2v) is 5.78. The van der Waals surface area contributed by atoms with Gasteiger partial charge in [0.1, 0.15) is 22.1 Å². The second kappa shape index (κ2) is 5.52. The highest BCUT2D eigenvalue weighted by atomic mass is 32.1. The largest absolute Gasteiger partial charge is 0.384 e. The Kier molecular flexibility index (Phi) is 3.57. The van der Waals surface area contributed by atoms with Crippen LogP contribution in [0.5, 0.6) is 0 Å². The number of hydrogen-bond donors (Lipinski definition) is 1. The van der Waals surface area contributed by atoms with E-state index in [0.717, 1.165) is 16.1 Å². The lowest BCUT2D eigenvalue weighted by Crippen LogP contribution is -2.08. The molecule has 3 rings (SSSR count). The van der Waals surface area contributed by atoms with Crippen molar-refractivity contribution < 1.29 is 0 Å². The van der Waals surface area contributed by atoms with Crippen LogP contribution >= 0.6 is 23.6 Å². The normalized spacial score (nSPS) is 10.2. The van der Waals surface area contributed by atoms with Crippen LogP contribution in [0.4, 0.5) is 5.82 Å². The summed E-state index contributed by atoms with van der Waals surface area (Å²) in [6.45, 7) is 0. The van der Waals surface area contributed by atoms with Gasteiger partial charge in [-0.25, -0.2) is 0 Å². The number of thiophene rings is 1. The third-order valence-corrected chi connectivity index (χ3v) is 4.37. The third-order valence-electron chi connectivity index (χ3n) is 3.17.